The van der Waals surface area contributed by atoms with Gasteiger partial charge in [-0.05, 0) is 44.7 Å². The number of amides is 2. The normalized spacial score (nSPS) is 20.0. The van der Waals surface area contributed by atoms with Crippen LogP contribution in [0.3, 0.4) is 0 Å². The molecule has 1 aliphatic carbocycles. The van der Waals surface area contributed by atoms with Crippen molar-refractivity contribution in [3.8, 4) is 0 Å². The summed E-state index contributed by atoms with van der Waals surface area (Å²) >= 11 is 0. The number of likely N-dealkylation sites (tertiary alicyclic amines) is 1. The molecule has 24 heavy (non-hydrogen) atoms. The highest BCUT2D eigenvalue weighted by Crippen LogP contribution is 2.24. The fraction of sp³-hybridized carbons (Fsp3) is 0.600. The molecule has 1 aliphatic heterocycles. The van der Waals surface area contributed by atoms with Crippen molar-refractivity contribution in [2.24, 2.45) is 5.92 Å². The van der Waals surface area contributed by atoms with Crippen molar-refractivity contribution in [2.45, 2.75) is 57.9 Å². The Labute approximate surface area is 144 Å². The van der Waals surface area contributed by atoms with Crippen LogP contribution in [0, 0.1) is 12.8 Å². The van der Waals surface area contributed by atoms with Gasteiger partial charge >= 0.3 is 0 Å². The van der Waals surface area contributed by atoms with Gasteiger partial charge in [0.1, 0.15) is 0 Å². The molecule has 130 valence electrons. The number of nitrogens with zero attached hydrogens (tertiary/aromatic N) is 1. The molecular weight excluding hydrogens is 300 g/mol. The molecule has 0 bridgehead atoms. The number of hydrogen-bond acceptors (Lipinski definition) is 2. The molecular formula is C20H28N2O2. The van der Waals surface area contributed by atoms with Gasteiger partial charge in [0, 0.05) is 30.6 Å². The zero-order chi connectivity index (χ0) is 16.9. The number of aryl methyl sites for hydroxylation is 1. The van der Waals surface area contributed by atoms with Gasteiger partial charge in [0.15, 0.2) is 0 Å². The molecule has 1 N–H and O–H groups in total. The van der Waals surface area contributed by atoms with Crippen LogP contribution in [-0.4, -0.2) is 35.8 Å². The topological polar surface area (TPSA) is 49.4 Å². The van der Waals surface area contributed by atoms with E-state index in [2.05, 4.69) is 5.32 Å². The van der Waals surface area contributed by atoms with E-state index in [0.29, 0.717) is 0 Å². The van der Waals surface area contributed by atoms with Crippen molar-refractivity contribution in [3.63, 3.8) is 0 Å². The largest absolute Gasteiger partial charge is 0.353 e. The van der Waals surface area contributed by atoms with Crippen molar-refractivity contribution >= 4 is 11.8 Å². The SMILES string of the molecule is Cc1ccc(C(=O)N2CCC(NC(=O)C3CCCCC3)CC2)cc1. The molecule has 0 aromatic heterocycles. The maximum Gasteiger partial charge on any atom is 0.253 e. The number of rotatable bonds is 3. The quantitative estimate of drug-likeness (QED) is 0.925. The third-order valence-electron chi connectivity index (χ3n) is 5.40. The Balaban J connectivity index is 1.47. The maximum atomic E-state index is 12.5. The van der Waals surface area contributed by atoms with Crippen LogP contribution in [0.25, 0.3) is 0 Å². The van der Waals surface area contributed by atoms with E-state index in [1.54, 1.807) is 0 Å². The molecule has 0 spiro atoms. The third kappa shape index (κ3) is 4.16. The summed E-state index contributed by atoms with van der Waals surface area (Å²) in [6.07, 6.45) is 7.42. The summed E-state index contributed by atoms with van der Waals surface area (Å²) in [4.78, 5) is 26.8. The van der Waals surface area contributed by atoms with Crippen molar-refractivity contribution < 1.29 is 9.59 Å². The fourth-order valence-corrected chi connectivity index (χ4v) is 3.79. The standard InChI is InChI=1S/C20H28N2O2/c1-15-7-9-17(10-8-15)20(24)22-13-11-18(12-14-22)21-19(23)16-5-3-2-4-6-16/h7-10,16,18H,2-6,11-14H2,1H3,(H,21,23). The van der Waals surface area contributed by atoms with Gasteiger partial charge in [-0.25, -0.2) is 0 Å². The zero-order valence-electron chi connectivity index (χ0n) is 14.6. The zero-order valence-corrected chi connectivity index (χ0v) is 14.6. The first kappa shape index (κ1) is 17.0. The number of carbonyl (C=O) groups excluding carboxylic acids is 2. The molecule has 1 saturated heterocycles. The summed E-state index contributed by atoms with van der Waals surface area (Å²) < 4.78 is 0. The minimum absolute atomic E-state index is 0.104. The second kappa shape index (κ2) is 7.82. The number of carbonyl (C=O) groups is 2. The van der Waals surface area contributed by atoms with Crippen molar-refractivity contribution in [1.29, 1.82) is 0 Å². The Bertz CT molecular complexity index is 568. The van der Waals surface area contributed by atoms with Crippen LogP contribution in [0.5, 0.6) is 0 Å². The highest BCUT2D eigenvalue weighted by Gasteiger charge is 2.27. The van der Waals surface area contributed by atoms with Crippen LogP contribution in [0.1, 0.15) is 60.9 Å². The molecule has 1 aromatic rings. The lowest BCUT2D eigenvalue weighted by molar-refractivity contribution is -0.126. The molecule has 1 aromatic carbocycles. The average Bonchev–Trinajstić information content (AvgIpc) is 2.63. The maximum absolute atomic E-state index is 12.5. The third-order valence-corrected chi connectivity index (χ3v) is 5.40. The van der Waals surface area contributed by atoms with Crippen LogP contribution in [0.15, 0.2) is 24.3 Å². The Morgan fingerprint density at radius 1 is 0.958 bits per heavy atom. The van der Waals surface area contributed by atoms with Crippen LogP contribution in [-0.2, 0) is 4.79 Å². The summed E-state index contributed by atoms with van der Waals surface area (Å²) in [5.74, 6) is 0.552. The minimum Gasteiger partial charge on any atom is -0.353 e. The number of piperidine rings is 1. The first-order chi connectivity index (χ1) is 11.6. The van der Waals surface area contributed by atoms with E-state index in [9.17, 15) is 9.59 Å². The smallest absolute Gasteiger partial charge is 0.253 e. The average molecular weight is 328 g/mol. The Morgan fingerprint density at radius 2 is 1.58 bits per heavy atom. The predicted molar refractivity (Wildman–Crippen MR) is 94.8 cm³/mol. The van der Waals surface area contributed by atoms with E-state index >= 15 is 0 Å². The van der Waals surface area contributed by atoms with Crippen molar-refractivity contribution in [1.82, 2.24) is 10.2 Å². The fourth-order valence-electron chi connectivity index (χ4n) is 3.79. The molecule has 2 aliphatic rings. The Kier molecular flexibility index (Phi) is 5.54. The number of hydrogen-bond donors (Lipinski definition) is 1. The molecule has 0 radical (unpaired) electrons. The summed E-state index contributed by atoms with van der Waals surface area (Å²) in [7, 11) is 0. The van der Waals surface area contributed by atoms with E-state index in [1.165, 1.54) is 19.3 Å². The van der Waals surface area contributed by atoms with Gasteiger partial charge in [-0.15, -0.1) is 0 Å². The summed E-state index contributed by atoms with van der Waals surface area (Å²) in [6.45, 7) is 3.47. The summed E-state index contributed by atoms with van der Waals surface area (Å²) in [5, 5.41) is 3.22. The van der Waals surface area contributed by atoms with Crippen LogP contribution >= 0.6 is 0 Å². The predicted octanol–water partition coefficient (Wildman–Crippen LogP) is 3.30. The highest BCUT2D eigenvalue weighted by atomic mass is 16.2. The molecule has 2 fully saturated rings. The molecule has 0 atom stereocenters. The lowest BCUT2D eigenvalue weighted by Gasteiger charge is -2.33. The van der Waals surface area contributed by atoms with Gasteiger partial charge in [-0.3, -0.25) is 9.59 Å². The molecule has 1 heterocycles. The van der Waals surface area contributed by atoms with E-state index in [4.69, 9.17) is 0 Å². The molecule has 0 unspecified atom stereocenters. The van der Waals surface area contributed by atoms with Gasteiger partial charge < -0.3 is 10.2 Å². The van der Waals surface area contributed by atoms with E-state index in [1.807, 2.05) is 36.1 Å². The Hall–Kier alpha value is -1.84. The number of nitrogens with one attached hydrogen (secondary N) is 1. The van der Waals surface area contributed by atoms with Gasteiger partial charge in [0.2, 0.25) is 5.91 Å². The van der Waals surface area contributed by atoms with E-state index in [0.717, 1.165) is 49.9 Å². The second-order valence-corrected chi connectivity index (χ2v) is 7.28. The van der Waals surface area contributed by atoms with Crippen LogP contribution in [0.2, 0.25) is 0 Å². The van der Waals surface area contributed by atoms with Crippen molar-refractivity contribution in [2.75, 3.05) is 13.1 Å². The van der Waals surface area contributed by atoms with Crippen molar-refractivity contribution in [3.05, 3.63) is 35.4 Å². The van der Waals surface area contributed by atoms with E-state index in [-0.39, 0.29) is 23.8 Å². The van der Waals surface area contributed by atoms with Crippen LogP contribution in [0.4, 0.5) is 0 Å². The monoisotopic (exact) mass is 328 g/mol. The first-order valence-electron chi connectivity index (χ1n) is 9.30. The highest BCUT2D eigenvalue weighted by molar-refractivity contribution is 5.94. The van der Waals surface area contributed by atoms with Gasteiger partial charge in [-0.2, -0.15) is 0 Å². The molecule has 4 nitrogen and oxygen atoms in total. The number of benzene rings is 1. The molecule has 3 rings (SSSR count). The Morgan fingerprint density at radius 3 is 2.21 bits per heavy atom. The summed E-state index contributed by atoms with van der Waals surface area (Å²) in [6, 6.07) is 7.97. The first-order valence-corrected chi connectivity index (χ1v) is 9.30. The summed E-state index contributed by atoms with van der Waals surface area (Å²) in [5.41, 5.74) is 1.92. The minimum atomic E-state index is 0.104. The van der Waals surface area contributed by atoms with Gasteiger partial charge in [0.25, 0.3) is 5.91 Å². The second-order valence-electron chi connectivity index (χ2n) is 7.28. The van der Waals surface area contributed by atoms with E-state index < -0.39 is 0 Å². The van der Waals surface area contributed by atoms with Crippen LogP contribution < -0.4 is 5.32 Å². The van der Waals surface area contributed by atoms with Gasteiger partial charge in [0.05, 0.1) is 0 Å². The molecule has 4 heteroatoms. The molecule has 1 saturated carbocycles. The van der Waals surface area contributed by atoms with Gasteiger partial charge in [-0.1, -0.05) is 37.0 Å². The lowest BCUT2D eigenvalue weighted by atomic mass is 9.88. The molecule has 2 amide bonds. The lowest BCUT2D eigenvalue weighted by Crippen LogP contribution is -2.48.